The summed E-state index contributed by atoms with van der Waals surface area (Å²) < 4.78 is 2.16. The number of anilines is 1. The number of hydrogen-bond acceptors (Lipinski definition) is 4. The van der Waals surface area contributed by atoms with Gasteiger partial charge in [0.15, 0.2) is 0 Å². The van der Waals surface area contributed by atoms with Crippen LogP contribution < -0.4 is 4.90 Å². The number of carbonyl (C=O) groups excluding carboxylic acids is 1. The fourth-order valence-corrected chi connectivity index (χ4v) is 4.38. The molecule has 1 saturated carbocycles. The van der Waals surface area contributed by atoms with Crippen LogP contribution in [0.5, 0.6) is 0 Å². The van der Waals surface area contributed by atoms with E-state index >= 15 is 0 Å². The van der Waals surface area contributed by atoms with Crippen LogP contribution in [-0.4, -0.2) is 51.5 Å². The Hall–Kier alpha value is -2.89. The summed E-state index contributed by atoms with van der Waals surface area (Å²) >= 11 is 0. The van der Waals surface area contributed by atoms with E-state index in [1.165, 1.54) is 24.1 Å². The van der Waals surface area contributed by atoms with Crippen LogP contribution >= 0.6 is 0 Å². The van der Waals surface area contributed by atoms with Crippen LogP contribution in [0.1, 0.15) is 36.6 Å². The molecule has 6 nitrogen and oxygen atoms in total. The maximum absolute atomic E-state index is 13.2. The highest BCUT2D eigenvalue weighted by molar-refractivity contribution is 5.81. The predicted octanol–water partition coefficient (Wildman–Crippen LogP) is 3.36. The Morgan fingerprint density at radius 2 is 1.97 bits per heavy atom. The molecule has 1 amide bonds. The number of fused-ring (bicyclic) bond motifs is 1. The van der Waals surface area contributed by atoms with Crippen LogP contribution in [-0.2, 0) is 11.3 Å². The molecule has 0 unspecified atom stereocenters. The maximum atomic E-state index is 13.2. The first-order valence-electron chi connectivity index (χ1n) is 10.6. The lowest BCUT2D eigenvalue weighted by atomic mass is 10.2. The van der Waals surface area contributed by atoms with Gasteiger partial charge < -0.3 is 14.4 Å². The van der Waals surface area contributed by atoms with E-state index in [0.29, 0.717) is 12.5 Å². The molecule has 3 aromatic rings. The molecule has 2 aliphatic rings. The van der Waals surface area contributed by atoms with Crippen molar-refractivity contribution in [1.82, 2.24) is 19.4 Å². The molecule has 0 bridgehead atoms. The number of benzene rings is 1. The zero-order valence-corrected chi connectivity index (χ0v) is 16.9. The summed E-state index contributed by atoms with van der Waals surface area (Å²) in [4.78, 5) is 26.7. The molecule has 1 aromatic carbocycles. The van der Waals surface area contributed by atoms with Crippen molar-refractivity contribution in [3.05, 3.63) is 54.1 Å². The Balaban J connectivity index is 1.33. The lowest BCUT2D eigenvalue weighted by molar-refractivity contribution is -0.131. The summed E-state index contributed by atoms with van der Waals surface area (Å²) in [6, 6.07) is 10.2. The topological polar surface area (TPSA) is 54.3 Å². The lowest BCUT2D eigenvalue weighted by Gasteiger charge is -2.25. The highest BCUT2D eigenvalue weighted by Crippen LogP contribution is 2.40. The van der Waals surface area contributed by atoms with Crippen molar-refractivity contribution < 1.29 is 4.79 Å². The van der Waals surface area contributed by atoms with Gasteiger partial charge in [-0.15, -0.1) is 0 Å². The average Bonchev–Trinajstić information content (AvgIpc) is 3.55. The molecule has 1 aliphatic carbocycles. The largest absolute Gasteiger partial charge is 0.369 e. The number of amides is 1. The number of nitrogens with zero attached hydrogens (tertiary/aromatic N) is 5. The molecule has 1 aliphatic heterocycles. The highest BCUT2D eigenvalue weighted by atomic mass is 16.2. The summed E-state index contributed by atoms with van der Waals surface area (Å²) in [5.41, 5.74) is 4.49. The lowest BCUT2D eigenvalue weighted by Crippen LogP contribution is -2.37. The Morgan fingerprint density at radius 1 is 1.10 bits per heavy atom. The predicted molar refractivity (Wildman–Crippen MR) is 114 cm³/mol. The summed E-state index contributed by atoms with van der Waals surface area (Å²) in [6.07, 6.45) is 7.10. The minimum atomic E-state index is 0.198. The van der Waals surface area contributed by atoms with E-state index in [4.69, 9.17) is 4.98 Å². The van der Waals surface area contributed by atoms with Crippen LogP contribution in [0.15, 0.2) is 42.7 Å². The summed E-state index contributed by atoms with van der Waals surface area (Å²) in [7, 11) is 0. The van der Waals surface area contributed by atoms with Gasteiger partial charge in [-0.1, -0.05) is 12.1 Å². The molecular weight excluding hydrogens is 362 g/mol. The van der Waals surface area contributed by atoms with Crippen molar-refractivity contribution in [2.75, 3.05) is 31.1 Å². The van der Waals surface area contributed by atoms with Gasteiger partial charge >= 0.3 is 0 Å². The summed E-state index contributed by atoms with van der Waals surface area (Å²) in [5.74, 6) is 1.80. The van der Waals surface area contributed by atoms with E-state index in [2.05, 4.69) is 33.5 Å². The Morgan fingerprint density at radius 3 is 2.79 bits per heavy atom. The summed E-state index contributed by atoms with van der Waals surface area (Å²) in [5, 5.41) is 0. The van der Waals surface area contributed by atoms with Crippen molar-refractivity contribution in [3.63, 3.8) is 0 Å². The molecule has 0 N–H and O–H groups in total. The Kier molecular flexibility index (Phi) is 4.70. The number of aryl methyl sites for hydroxylation is 1. The molecule has 0 atom stereocenters. The standard InChI is InChI=1S/C23H27N5O/c1-17-15-24-10-9-20(17)26-11-4-12-27(14-13-26)22(29)16-28-21-6-3-2-5-19(21)25-23(28)18-7-8-18/h2-3,5-6,9-10,15,18H,4,7-8,11-14,16H2,1H3. The zero-order chi connectivity index (χ0) is 19.8. The third-order valence-electron chi connectivity index (χ3n) is 6.10. The molecule has 0 radical (unpaired) electrons. The molecule has 6 heteroatoms. The van der Waals surface area contributed by atoms with Crippen molar-refractivity contribution in [1.29, 1.82) is 0 Å². The monoisotopic (exact) mass is 389 g/mol. The quantitative estimate of drug-likeness (QED) is 0.687. The van der Waals surface area contributed by atoms with Gasteiger partial charge in [-0.25, -0.2) is 4.98 Å². The van der Waals surface area contributed by atoms with Gasteiger partial charge in [-0.05, 0) is 49.9 Å². The molecule has 5 rings (SSSR count). The molecule has 29 heavy (non-hydrogen) atoms. The second-order valence-corrected chi connectivity index (χ2v) is 8.20. The maximum Gasteiger partial charge on any atom is 0.242 e. The molecular formula is C23H27N5O. The first-order valence-corrected chi connectivity index (χ1v) is 10.6. The smallest absolute Gasteiger partial charge is 0.242 e. The number of hydrogen-bond donors (Lipinski definition) is 0. The Labute approximate surface area is 171 Å². The van der Waals surface area contributed by atoms with E-state index in [1.807, 2.05) is 35.5 Å². The van der Waals surface area contributed by atoms with E-state index in [0.717, 1.165) is 49.5 Å². The molecule has 150 valence electrons. The van der Waals surface area contributed by atoms with Crippen molar-refractivity contribution in [2.45, 2.75) is 38.6 Å². The first-order chi connectivity index (χ1) is 14.2. The van der Waals surface area contributed by atoms with Gasteiger partial charge in [0.05, 0.1) is 11.0 Å². The number of rotatable bonds is 4. The normalized spacial score (nSPS) is 17.6. The van der Waals surface area contributed by atoms with Crippen molar-refractivity contribution in [3.8, 4) is 0 Å². The van der Waals surface area contributed by atoms with Crippen LogP contribution in [0.2, 0.25) is 0 Å². The van der Waals surface area contributed by atoms with Crippen LogP contribution in [0, 0.1) is 6.92 Å². The van der Waals surface area contributed by atoms with E-state index in [1.54, 1.807) is 0 Å². The SMILES string of the molecule is Cc1cnccc1N1CCCN(C(=O)Cn2c(C3CC3)nc3ccccc32)CC1. The minimum Gasteiger partial charge on any atom is -0.369 e. The molecule has 1 saturated heterocycles. The van der Waals surface area contributed by atoms with Crippen molar-refractivity contribution in [2.24, 2.45) is 0 Å². The molecule has 2 aromatic heterocycles. The van der Waals surface area contributed by atoms with E-state index < -0.39 is 0 Å². The first kappa shape index (κ1) is 18.2. The highest BCUT2D eigenvalue weighted by Gasteiger charge is 2.31. The third kappa shape index (κ3) is 3.59. The van der Waals surface area contributed by atoms with Gasteiger partial charge in [0.2, 0.25) is 5.91 Å². The third-order valence-corrected chi connectivity index (χ3v) is 6.10. The Bertz CT molecular complexity index is 1040. The van der Waals surface area contributed by atoms with Gasteiger partial charge in [0.25, 0.3) is 0 Å². The number of para-hydroxylation sites is 2. The second kappa shape index (κ2) is 7.50. The fraction of sp³-hybridized carbons (Fsp3) is 0.435. The summed E-state index contributed by atoms with van der Waals surface area (Å²) in [6.45, 7) is 5.88. The van der Waals surface area contributed by atoms with Crippen LogP contribution in [0.4, 0.5) is 5.69 Å². The van der Waals surface area contributed by atoms with Gasteiger partial charge in [0, 0.05) is 50.2 Å². The number of pyridine rings is 1. The molecule has 2 fully saturated rings. The fourth-order valence-electron chi connectivity index (χ4n) is 4.38. The van der Waals surface area contributed by atoms with Gasteiger partial charge in [-0.2, -0.15) is 0 Å². The van der Waals surface area contributed by atoms with E-state index in [9.17, 15) is 4.79 Å². The number of imidazole rings is 1. The number of aromatic nitrogens is 3. The number of carbonyl (C=O) groups is 1. The van der Waals surface area contributed by atoms with Crippen molar-refractivity contribution >= 4 is 22.6 Å². The van der Waals surface area contributed by atoms with Crippen LogP contribution in [0.25, 0.3) is 11.0 Å². The van der Waals surface area contributed by atoms with Gasteiger partial charge in [0.1, 0.15) is 12.4 Å². The molecule has 0 spiro atoms. The minimum absolute atomic E-state index is 0.198. The zero-order valence-electron chi connectivity index (χ0n) is 16.9. The van der Waals surface area contributed by atoms with Gasteiger partial charge in [-0.3, -0.25) is 9.78 Å². The molecule has 3 heterocycles. The second-order valence-electron chi connectivity index (χ2n) is 8.20. The van der Waals surface area contributed by atoms with E-state index in [-0.39, 0.29) is 5.91 Å². The van der Waals surface area contributed by atoms with Crippen LogP contribution in [0.3, 0.4) is 0 Å². The average molecular weight is 390 g/mol.